The van der Waals surface area contributed by atoms with Crippen LogP contribution < -0.4 is 4.90 Å². The van der Waals surface area contributed by atoms with Gasteiger partial charge in [0, 0.05) is 49.0 Å². The molecular formula is C13H14BrN3O3. The number of piperazine rings is 1. The highest BCUT2D eigenvalue weighted by Gasteiger charge is 2.20. The first-order valence-corrected chi connectivity index (χ1v) is 6.92. The first kappa shape index (κ1) is 14.5. The number of pyridine rings is 1. The highest BCUT2D eigenvalue weighted by molar-refractivity contribution is 9.10. The van der Waals surface area contributed by atoms with E-state index in [0.717, 1.165) is 22.4 Å². The fourth-order valence-electron chi connectivity index (χ4n) is 1.96. The minimum Gasteiger partial charge on any atom is -0.478 e. The van der Waals surface area contributed by atoms with Crippen molar-refractivity contribution in [2.24, 2.45) is 0 Å². The van der Waals surface area contributed by atoms with Crippen LogP contribution in [0.25, 0.3) is 0 Å². The smallest absolute Gasteiger partial charge is 0.328 e. The van der Waals surface area contributed by atoms with Gasteiger partial charge < -0.3 is 14.9 Å². The van der Waals surface area contributed by atoms with Crippen LogP contribution in [0.4, 0.5) is 5.82 Å². The van der Waals surface area contributed by atoms with Crippen molar-refractivity contribution in [2.75, 3.05) is 31.1 Å². The van der Waals surface area contributed by atoms with Gasteiger partial charge in [-0.25, -0.2) is 9.78 Å². The average Bonchev–Trinajstić information content (AvgIpc) is 2.46. The third kappa shape index (κ3) is 3.80. The normalized spacial score (nSPS) is 15.7. The van der Waals surface area contributed by atoms with Crippen molar-refractivity contribution >= 4 is 33.6 Å². The third-order valence-electron chi connectivity index (χ3n) is 3.00. The summed E-state index contributed by atoms with van der Waals surface area (Å²) in [5.41, 5.74) is 0. The number of hydrogen-bond acceptors (Lipinski definition) is 4. The van der Waals surface area contributed by atoms with Crippen molar-refractivity contribution in [1.29, 1.82) is 0 Å². The van der Waals surface area contributed by atoms with E-state index in [1.54, 1.807) is 11.1 Å². The lowest BCUT2D eigenvalue weighted by atomic mass is 10.3. The molecular weight excluding hydrogens is 326 g/mol. The molecule has 6 nitrogen and oxygen atoms in total. The first-order valence-electron chi connectivity index (χ1n) is 6.12. The number of aliphatic carboxylic acids is 1. The summed E-state index contributed by atoms with van der Waals surface area (Å²) in [5.74, 6) is -0.506. The molecule has 1 aromatic heterocycles. The van der Waals surface area contributed by atoms with E-state index in [4.69, 9.17) is 5.11 Å². The molecule has 0 aliphatic carbocycles. The topological polar surface area (TPSA) is 73.7 Å². The van der Waals surface area contributed by atoms with Crippen molar-refractivity contribution in [3.8, 4) is 0 Å². The van der Waals surface area contributed by atoms with E-state index in [-0.39, 0.29) is 5.91 Å². The number of anilines is 1. The molecule has 1 aliphatic heterocycles. The Balaban J connectivity index is 1.90. The number of rotatable bonds is 3. The number of amides is 1. The number of carbonyl (C=O) groups excluding carboxylic acids is 1. The van der Waals surface area contributed by atoms with Gasteiger partial charge in [-0.1, -0.05) is 0 Å². The molecule has 1 amide bonds. The lowest BCUT2D eigenvalue weighted by molar-refractivity contribution is -0.132. The largest absolute Gasteiger partial charge is 0.478 e. The molecule has 0 spiro atoms. The Kier molecular flexibility index (Phi) is 4.73. The maximum Gasteiger partial charge on any atom is 0.328 e. The Morgan fingerprint density at radius 3 is 2.45 bits per heavy atom. The molecule has 1 aliphatic rings. The average molecular weight is 340 g/mol. The van der Waals surface area contributed by atoms with Gasteiger partial charge in [-0.3, -0.25) is 4.79 Å². The van der Waals surface area contributed by atoms with Gasteiger partial charge in [0.2, 0.25) is 5.91 Å². The van der Waals surface area contributed by atoms with Gasteiger partial charge in [-0.2, -0.15) is 0 Å². The second-order valence-corrected chi connectivity index (χ2v) is 5.23. The van der Waals surface area contributed by atoms with Gasteiger partial charge >= 0.3 is 5.97 Å². The van der Waals surface area contributed by atoms with Gasteiger partial charge in [0.25, 0.3) is 0 Å². The van der Waals surface area contributed by atoms with Gasteiger partial charge in [-0.05, 0) is 28.1 Å². The van der Waals surface area contributed by atoms with Crippen LogP contribution in [0.15, 0.2) is 35.0 Å². The molecule has 1 saturated heterocycles. The Morgan fingerprint density at radius 2 is 1.90 bits per heavy atom. The molecule has 0 radical (unpaired) electrons. The minimum absolute atomic E-state index is 0.268. The molecule has 0 bridgehead atoms. The summed E-state index contributed by atoms with van der Waals surface area (Å²) < 4.78 is 0.925. The number of carbonyl (C=O) groups is 2. The fourth-order valence-corrected chi connectivity index (χ4v) is 2.19. The zero-order valence-electron chi connectivity index (χ0n) is 10.7. The number of carboxylic acid groups (broad SMARTS) is 1. The molecule has 20 heavy (non-hydrogen) atoms. The van der Waals surface area contributed by atoms with Crippen LogP contribution in [-0.4, -0.2) is 53.0 Å². The Morgan fingerprint density at radius 1 is 1.20 bits per heavy atom. The van der Waals surface area contributed by atoms with Crippen molar-refractivity contribution in [2.45, 2.75) is 0 Å². The molecule has 7 heteroatoms. The quantitative estimate of drug-likeness (QED) is 0.835. The summed E-state index contributed by atoms with van der Waals surface area (Å²) in [6.07, 6.45) is 3.70. The van der Waals surface area contributed by atoms with Crippen molar-refractivity contribution in [1.82, 2.24) is 9.88 Å². The summed E-state index contributed by atoms with van der Waals surface area (Å²) >= 11 is 3.34. The Labute approximate surface area is 124 Å². The zero-order valence-corrected chi connectivity index (χ0v) is 12.3. The van der Waals surface area contributed by atoms with E-state index >= 15 is 0 Å². The standard InChI is InChI=1S/C13H14BrN3O3/c14-10-1-2-11(15-9-10)16-5-7-17(8-6-16)12(18)3-4-13(19)20/h1-4,9H,5-8H2,(H,19,20)/b4-3+. The van der Waals surface area contributed by atoms with Gasteiger partial charge in [0.1, 0.15) is 5.82 Å². The van der Waals surface area contributed by atoms with E-state index in [2.05, 4.69) is 25.8 Å². The molecule has 0 atom stereocenters. The maximum atomic E-state index is 11.7. The van der Waals surface area contributed by atoms with E-state index < -0.39 is 5.97 Å². The number of carboxylic acids is 1. The molecule has 0 saturated carbocycles. The summed E-state index contributed by atoms with van der Waals surface area (Å²) in [6, 6.07) is 3.85. The number of aromatic nitrogens is 1. The number of hydrogen-bond donors (Lipinski definition) is 1. The molecule has 2 heterocycles. The van der Waals surface area contributed by atoms with Crippen molar-refractivity contribution in [3.05, 3.63) is 35.0 Å². The maximum absolute atomic E-state index is 11.7. The van der Waals surface area contributed by atoms with Crippen LogP contribution in [-0.2, 0) is 9.59 Å². The van der Waals surface area contributed by atoms with Gasteiger partial charge in [0.15, 0.2) is 0 Å². The first-order chi connectivity index (χ1) is 9.56. The van der Waals surface area contributed by atoms with Crippen LogP contribution >= 0.6 is 15.9 Å². The third-order valence-corrected chi connectivity index (χ3v) is 3.46. The summed E-state index contributed by atoms with van der Waals surface area (Å²) in [7, 11) is 0. The molecule has 106 valence electrons. The lowest BCUT2D eigenvalue weighted by Gasteiger charge is -2.34. The summed E-state index contributed by atoms with van der Waals surface area (Å²) in [4.78, 5) is 30.1. The molecule has 2 rings (SSSR count). The highest BCUT2D eigenvalue weighted by atomic mass is 79.9. The molecule has 1 N–H and O–H groups in total. The Hall–Kier alpha value is -1.89. The number of nitrogens with zero attached hydrogens (tertiary/aromatic N) is 3. The monoisotopic (exact) mass is 339 g/mol. The predicted molar refractivity (Wildman–Crippen MR) is 77.5 cm³/mol. The van der Waals surface area contributed by atoms with E-state index in [9.17, 15) is 9.59 Å². The Bertz CT molecular complexity index is 522. The van der Waals surface area contributed by atoms with Crippen LogP contribution in [0.3, 0.4) is 0 Å². The molecule has 0 unspecified atom stereocenters. The second kappa shape index (κ2) is 6.51. The van der Waals surface area contributed by atoms with E-state index in [0.29, 0.717) is 26.2 Å². The van der Waals surface area contributed by atoms with Crippen LogP contribution in [0.5, 0.6) is 0 Å². The minimum atomic E-state index is -1.11. The van der Waals surface area contributed by atoms with E-state index in [1.165, 1.54) is 0 Å². The van der Waals surface area contributed by atoms with Crippen LogP contribution in [0.1, 0.15) is 0 Å². The second-order valence-electron chi connectivity index (χ2n) is 4.32. The van der Waals surface area contributed by atoms with Crippen LogP contribution in [0, 0.1) is 0 Å². The van der Waals surface area contributed by atoms with Crippen molar-refractivity contribution in [3.63, 3.8) is 0 Å². The zero-order chi connectivity index (χ0) is 14.5. The van der Waals surface area contributed by atoms with Gasteiger partial charge in [0.05, 0.1) is 0 Å². The molecule has 1 aromatic rings. The predicted octanol–water partition coefficient (Wildman–Crippen LogP) is 1.13. The summed E-state index contributed by atoms with van der Waals surface area (Å²) in [6.45, 7) is 2.48. The summed E-state index contributed by atoms with van der Waals surface area (Å²) in [5, 5.41) is 8.50. The lowest BCUT2D eigenvalue weighted by Crippen LogP contribution is -2.48. The highest BCUT2D eigenvalue weighted by Crippen LogP contribution is 2.16. The number of halogens is 1. The SMILES string of the molecule is O=C(O)/C=C/C(=O)N1CCN(c2ccc(Br)cn2)CC1. The van der Waals surface area contributed by atoms with Crippen molar-refractivity contribution < 1.29 is 14.7 Å². The van der Waals surface area contributed by atoms with Gasteiger partial charge in [-0.15, -0.1) is 0 Å². The molecule has 0 aromatic carbocycles. The fraction of sp³-hybridized carbons (Fsp3) is 0.308. The van der Waals surface area contributed by atoms with Crippen LogP contribution in [0.2, 0.25) is 0 Å². The molecule has 1 fully saturated rings. The van der Waals surface area contributed by atoms with E-state index in [1.807, 2.05) is 12.1 Å².